The number of carbonyl (C=O) groups excluding carboxylic acids is 1. The highest BCUT2D eigenvalue weighted by Crippen LogP contribution is 2.39. The van der Waals surface area contributed by atoms with Gasteiger partial charge in [0.1, 0.15) is 12.4 Å². The molecule has 0 aromatic carbocycles. The molecule has 0 amide bonds. The molecular weight excluding hydrogens is 382 g/mol. The van der Waals surface area contributed by atoms with Crippen LogP contribution < -0.4 is 10.6 Å². The third-order valence-corrected chi connectivity index (χ3v) is 5.23. The van der Waals surface area contributed by atoms with Crippen LogP contribution in [0.25, 0.3) is 0 Å². The number of nitrogens with zero attached hydrogens (tertiary/aromatic N) is 1. The maximum absolute atomic E-state index is 12.3. The molecule has 1 saturated heterocycles. The Bertz CT molecular complexity index is 748. The highest BCUT2D eigenvalue weighted by atomic mass is 32.2. The Morgan fingerprint density at radius 1 is 1.56 bits per heavy atom. The molecule has 6 nitrogen and oxygen atoms in total. The van der Waals surface area contributed by atoms with Gasteiger partial charge < -0.3 is 19.8 Å². The van der Waals surface area contributed by atoms with E-state index in [2.05, 4.69) is 35.9 Å². The number of rotatable bonds is 4. The highest BCUT2D eigenvalue weighted by molar-refractivity contribution is 7.99. The van der Waals surface area contributed by atoms with E-state index >= 15 is 0 Å². The van der Waals surface area contributed by atoms with Gasteiger partial charge in [-0.2, -0.15) is 17.0 Å². The predicted molar refractivity (Wildman–Crippen MR) is 110 cm³/mol. The molecule has 1 fully saturated rings. The fraction of sp³-hybridized carbons (Fsp3) is 0.368. The molecule has 1 aromatic heterocycles. The Balaban J connectivity index is 0.000000369. The van der Waals surface area contributed by atoms with E-state index in [-0.39, 0.29) is 6.61 Å². The van der Waals surface area contributed by atoms with Crippen molar-refractivity contribution in [3.8, 4) is 6.07 Å². The molecule has 1 aromatic rings. The van der Waals surface area contributed by atoms with Crippen LogP contribution in [-0.2, 0) is 9.53 Å². The lowest BCUT2D eigenvalue weighted by atomic mass is 9.86. The third-order valence-electron chi connectivity index (χ3n) is 3.89. The Hall–Kier alpha value is -2.08. The summed E-state index contributed by atoms with van der Waals surface area (Å²) in [5.74, 6) is 1.95. The summed E-state index contributed by atoms with van der Waals surface area (Å²) in [4.78, 5) is 12.3. The summed E-state index contributed by atoms with van der Waals surface area (Å²) in [6.07, 6.45) is 2.98. The van der Waals surface area contributed by atoms with Gasteiger partial charge in [0.2, 0.25) is 0 Å². The first-order chi connectivity index (χ1) is 13.1. The first kappa shape index (κ1) is 21.2. The van der Waals surface area contributed by atoms with E-state index in [4.69, 9.17) is 9.15 Å². The number of nitrogens with one attached hydrogen (secondary N) is 2. The molecule has 0 saturated carbocycles. The topological polar surface area (TPSA) is 87.3 Å². The molecule has 2 aliphatic rings. The summed E-state index contributed by atoms with van der Waals surface area (Å²) < 4.78 is 10.5. The predicted octanol–water partition coefficient (Wildman–Crippen LogP) is 2.96. The van der Waals surface area contributed by atoms with Crippen molar-refractivity contribution < 1.29 is 13.9 Å². The average molecular weight is 406 g/mol. The van der Waals surface area contributed by atoms with E-state index in [0.717, 1.165) is 0 Å². The zero-order chi connectivity index (χ0) is 19.6. The molecule has 0 spiro atoms. The van der Waals surface area contributed by atoms with Gasteiger partial charge in [0, 0.05) is 30.3 Å². The molecule has 27 heavy (non-hydrogen) atoms. The van der Waals surface area contributed by atoms with Gasteiger partial charge in [-0.25, -0.2) is 4.79 Å². The standard InChI is InChI=1S/C15H14N2O3S.C4H9NS/c1-3-6-20-15(18)12-9(2)17-14(21)10(8-16)13(12)11-5-4-7-19-11;1-3-6-4-2-5-1/h3-5,7,13,17,21H,1,6H2,2H3;5H,1-4H2. The van der Waals surface area contributed by atoms with E-state index in [1.165, 1.54) is 36.9 Å². The van der Waals surface area contributed by atoms with Gasteiger partial charge in [-0.15, -0.1) is 12.6 Å². The molecule has 0 aliphatic carbocycles. The molecule has 3 rings (SSSR count). The lowest BCUT2D eigenvalue weighted by Gasteiger charge is -2.26. The number of carbonyl (C=O) groups is 1. The maximum Gasteiger partial charge on any atom is 0.337 e. The van der Waals surface area contributed by atoms with Crippen LogP contribution in [-0.4, -0.2) is 37.2 Å². The minimum absolute atomic E-state index is 0.0970. The minimum atomic E-state index is -0.629. The third kappa shape index (κ3) is 5.70. The first-order valence-corrected chi connectivity index (χ1v) is 10.1. The van der Waals surface area contributed by atoms with Crippen LogP contribution in [0.4, 0.5) is 0 Å². The zero-order valence-electron chi connectivity index (χ0n) is 15.2. The van der Waals surface area contributed by atoms with Crippen molar-refractivity contribution in [3.63, 3.8) is 0 Å². The molecule has 8 heteroatoms. The molecule has 144 valence electrons. The van der Waals surface area contributed by atoms with E-state index in [0.29, 0.717) is 27.6 Å². The second-order valence-corrected chi connectivity index (χ2v) is 7.41. The Morgan fingerprint density at radius 2 is 2.30 bits per heavy atom. The van der Waals surface area contributed by atoms with Gasteiger partial charge in [-0.1, -0.05) is 12.7 Å². The summed E-state index contributed by atoms with van der Waals surface area (Å²) >= 11 is 6.30. The Kier molecular flexibility index (Phi) is 8.58. The quantitative estimate of drug-likeness (QED) is 0.403. The summed E-state index contributed by atoms with van der Waals surface area (Å²) in [7, 11) is 0. The van der Waals surface area contributed by atoms with Crippen molar-refractivity contribution in [3.05, 3.63) is 58.7 Å². The summed E-state index contributed by atoms with van der Waals surface area (Å²) in [6, 6.07) is 5.48. The SMILES string of the molecule is C1CSCCN1.C=CCOC(=O)C1=C(C)NC(S)=C(C#N)C1c1ccco1. The number of hydrogen-bond acceptors (Lipinski definition) is 8. The van der Waals surface area contributed by atoms with E-state index in [9.17, 15) is 10.1 Å². The van der Waals surface area contributed by atoms with Crippen LogP contribution in [0.3, 0.4) is 0 Å². The number of thiol groups is 1. The van der Waals surface area contributed by atoms with Crippen LogP contribution in [0.1, 0.15) is 18.6 Å². The number of allylic oxidation sites excluding steroid dienone is 2. The minimum Gasteiger partial charge on any atom is -0.468 e. The Morgan fingerprint density at radius 3 is 2.78 bits per heavy atom. The summed E-state index contributed by atoms with van der Waals surface area (Å²) in [6.45, 7) is 7.76. The van der Waals surface area contributed by atoms with Crippen LogP contribution in [0.2, 0.25) is 0 Å². The van der Waals surface area contributed by atoms with Gasteiger partial charge in [0.05, 0.1) is 34.4 Å². The van der Waals surface area contributed by atoms with E-state index in [1.807, 2.05) is 11.8 Å². The van der Waals surface area contributed by atoms with Crippen molar-refractivity contribution in [1.82, 2.24) is 10.6 Å². The monoisotopic (exact) mass is 405 g/mol. The number of nitriles is 1. The van der Waals surface area contributed by atoms with Crippen molar-refractivity contribution in [2.45, 2.75) is 12.8 Å². The molecule has 2 aliphatic heterocycles. The van der Waals surface area contributed by atoms with Gasteiger partial charge in [0.25, 0.3) is 0 Å². The average Bonchev–Trinajstić information content (AvgIpc) is 3.22. The van der Waals surface area contributed by atoms with Crippen LogP contribution in [0, 0.1) is 11.3 Å². The summed E-state index contributed by atoms with van der Waals surface area (Å²) in [5, 5.41) is 15.9. The molecule has 2 N–H and O–H groups in total. The number of dihydropyridines is 1. The molecule has 3 heterocycles. The highest BCUT2D eigenvalue weighted by Gasteiger charge is 2.36. The molecular formula is C19H23N3O3S2. The Labute approximate surface area is 169 Å². The van der Waals surface area contributed by atoms with E-state index in [1.54, 1.807) is 19.1 Å². The van der Waals surface area contributed by atoms with Crippen molar-refractivity contribution in [2.24, 2.45) is 0 Å². The largest absolute Gasteiger partial charge is 0.468 e. The van der Waals surface area contributed by atoms with Crippen LogP contribution >= 0.6 is 24.4 Å². The number of ether oxygens (including phenoxy) is 1. The number of thioether (sulfide) groups is 1. The van der Waals surface area contributed by atoms with Crippen molar-refractivity contribution >= 4 is 30.4 Å². The molecule has 1 atom stereocenters. The fourth-order valence-corrected chi connectivity index (χ4v) is 3.79. The number of furan rings is 1. The lowest BCUT2D eigenvalue weighted by Crippen LogP contribution is -2.28. The molecule has 0 radical (unpaired) electrons. The van der Waals surface area contributed by atoms with Gasteiger partial charge >= 0.3 is 5.97 Å². The van der Waals surface area contributed by atoms with Crippen LogP contribution in [0.5, 0.6) is 0 Å². The zero-order valence-corrected chi connectivity index (χ0v) is 16.9. The normalized spacial score (nSPS) is 19.4. The van der Waals surface area contributed by atoms with Crippen LogP contribution in [0.15, 0.2) is 57.3 Å². The van der Waals surface area contributed by atoms with Gasteiger partial charge in [0.15, 0.2) is 0 Å². The molecule has 0 bridgehead atoms. The maximum atomic E-state index is 12.3. The first-order valence-electron chi connectivity index (χ1n) is 8.51. The lowest BCUT2D eigenvalue weighted by molar-refractivity contribution is -0.138. The second kappa shape index (κ2) is 10.9. The van der Waals surface area contributed by atoms with Gasteiger partial charge in [-0.05, 0) is 19.1 Å². The van der Waals surface area contributed by atoms with Gasteiger partial charge in [-0.3, -0.25) is 0 Å². The molecule has 1 unspecified atom stereocenters. The fourth-order valence-electron chi connectivity index (χ4n) is 2.67. The van der Waals surface area contributed by atoms with E-state index < -0.39 is 11.9 Å². The smallest absolute Gasteiger partial charge is 0.337 e. The summed E-state index contributed by atoms with van der Waals surface area (Å²) in [5.41, 5.74) is 1.22. The number of hydrogen-bond donors (Lipinski definition) is 3. The van der Waals surface area contributed by atoms with Crippen molar-refractivity contribution in [2.75, 3.05) is 31.2 Å². The number of esters is 1. The van der Waals surface area contributed by atoms with Crippen molar-refractivity contribution in [1.29, 1.82) is 5.26 Å². The second-order valence-electron chi connectivity index (χ2n) is 5.74.